The second kappa shape index (κ2) is 8.28. The molecule has 1 heterocycles. The third kappa shape index (κ3) is 5.00. The SMILES string of the molecule is CN=C(NCc1ccc(OC)c(OC(F)F)c1)N1CCS(=O)(=O)C(C)(C)C1. The van der Waals surface area contributed by atoms with Gasteiger partial charge in [0, 0.05) is 26.7 Å². The van der Waals surface area contributed by atoms with Crippen LogP contribution in [-0.4, -0.2) is 63.6 Å². The van der Waals surface area contributed by atoms with Crippen molar-refractivity contribution < 1.29 is 26.7 Å². The number of hydrogen-bond donors (Lipinski definition) is 1. The standard InChI is InChI=1S/C17H25F2N3O4S/c1-17(2)11-22(7-8-27(17,23)24)16(20-3)21-10-12-5-6-13(25-4)14(9-12)26-15(18)19/h5-6,9,15H,7-8,10-11H2,1-4H3,(H,20,21). The number of nitrogens with zero attached hydrogens (tertiary/aromatic N) is 2. The van der Waals surface area contributed by atoms with Crippen molar-refractivity contribution >= 4 is 15.8 Å². The first-order valence-corrected chi connectivity index (χ1v) is 10.0. The van der Waals surface area contributed by atoms with Crippen LogP contribution in [0.1, 0.15) is 19.4 Å². The summed E-state index contributed by atoms with van der Waals surface area (Å²) in [5.41, 5.74) is 0.691. The molecule has 27 heavy (non-hydrogen) atoms. The number of alkyl halides is 2. The molecule has 10 heteroatoms. The molecule has 152 valence electrons. The zero-order chi connectivity index (χ0) is 20.2. The van der Waals surface area contributed by atoms with Crippen LogP contribution in [0.3, 0.4) is 0 Å². The summed E-state index contributed by atoms with van der Waals surface area (Å²) < 4.78 is 58.0. The van der Waals surface area contributed by atoms with Crippen LogP contribution in [0, 0.1) is 0 Å². The van der Waals surface area contributed by atoms with Crippen LogP contribution >= 0.6 is 0 Å². The Morgan fingerprint density at radius 2 is 2.07 bits per heavy atom. The number of aliphatic imine (C=N–C) groups is 1. The number of sulfone groups is 1. The number of guanidine groups is 1. The molecule has 1 aliphatic heterocycles. The van der Waals surface area contributed by atoms with E-state index in [0.717, 1.165) is 0 Å². The first kappa shape index (κ1) is 21.2. The summed E-state index contributed by atoms with van der Waals surface area (Å²) >= 11 is 0. The highest BCUT2D eigenvalue weighted by Gasteiger charge is 2.40. The topological polar surface area (TPSA) is 80.2 Å². The second-order valence-electron chi connectivity index (χ2n) is 6.76. The first-order valence-electron chi connectivity index (χ1n) is 8.39. The molecule has 1 fully saturated rings. The van der Waals surface area contributed by atoms with Gasteiger partial charge in [0.05, 0.1) is 17.6 Å². The number of rotatable bonds is 5. The fourth-order valence-corrected chi connectivity index (χ4v) is 4.22. The van der Waals surface area contributed by atoms with Crippen molar-refractivity contribution in [3.8, 4) is 11.5 Å². The lowest BCUT2D eigenvalue weighted by Gasteiger charge is -2.39. The summed E-state index contributed by atoms with van der Waals surface area (Å²) in [6.07, 6.45) is 0. The highest BCUT2D eigenvalue weighted by molar-refractivity contribution is 7.92. The summed E-state index contributed by atoms with van der Waals surface area (Å²) in [6.45, 7) is 1.40. The summed E-state index contributed by atoms with van der Waals surface area (Å²) in [7, 11) is -0.170. The lowest BCUT2D eigenvalue weighted by molar-refractivity contribution is -0.0512. The molecule has 0 aliphatic carbocycles. The molecule has 0 radical (unpaired) electrons. The quantitative estimate of drug-likeness (QED) is 0.595. The van der Waals surface area contributed by atoms with Gasteiger partial charge in [-0.15, -0.1) is 0 Å². The van der Waals surface area contributed by atoms with E-state index < -0.39 is 21.2 Å². The molecular formula is C17H25F2N3O4S. The first-order chi connectivity index (χ1) is 12.6. The van der Waals surface area contributed by atoms with Gasteiger partial charge in [0.15, 0.2) is 27.3 Å². The Morgan fingerprint density at radius 1 is 1.37 bits per heavy atom. The smallest absolute Gasteiger partial charge is 0.387 e. The van der Waals surface area contributed by atoms with Crippen LogP contribution in [-0.2, 0) is 16.4 Å². The molecule has 1 aromatic rings. The second-order valence-corrected chi connectivity index (χ2v) is 9.51. The summed E-state index contributed by atoms with van der Waals surface area (Å²) in [6, 6.07) is 4.74. The number of benzene rings is 1. The predicted octanol–water partition coefficient (Wildman–Crippen LogP) is 1.88. The maximum atomic E-state index is 12.5. The third-order valence-electron chi connectivity index (χ3n) is 4.45. The number of nitrogens with one attached hydrogen (secondary N) is 1. The predicted molar refractivity (Wildman–Crippen MR) is 99.3 cm³/mol. The Labute approximate surface area is 158 Å². The fourth-order valence-electron chi connectivity index (χ4n) is 2.86. The lowest BCUT2D eigenvalue weighted by Crippen LogP contribution is -2.57. The number of ether oxygens (including phenoxy) is 2. The lowest BCUT2D eigenvalue weighted by atomic mass is 10.2. The van der Waals surface area contributed by atoms with E-state index in [1.54, 1.807) is 33.0 Å². The van der Waals surface area contributed by atoms with Crippen LogP contribution in [0.5, 0.6) is 11.5 Å². The minimum absolute atomic E-state index is 0.0491. The van der Waals surface area contributed by atoms with E-state index in [4.69, 9.17) is 4.74 Å². The summed E-state index contributed by atoms with van der Waals surface area (Å²) in [4.78, 5) is 6.08. The maximum Gasteiger partial charge on any atom is 0.387 e. The van der Waals surface area contributed by atoms with Crippen molar-refractivity contribution in [1.82, 2.24) is 10.2 Å². The van der Waals surface area contributed by atoms with Crippen molar-refractivity contribution in [2.24, 2.45) is 4.99 Å². The maximum absolute atomic E-state index is 12.5. The Kier molecular flexibility index (Phi) is 6.50. The van der Waals surface area contributed by atoms with Crippen molar-refractivity contribution in [3.05, 3.63) is 23.8 Å². The molecular weight excluding hydrogens is 380 g/mol. The van der Waals surface area contributed by atoms with Gasteiger partial charge in [-0.2, -0.15) is 8.78 Å². The molecule has 7 nitrogen and oxygen atoms in total. The molecule has 0 bridgehead atoms. The molecule has 0 saturated carbocycles. The van der Waals surface area contributed by atoms with Gasteiger partial charge in [0.1, 0.15) is 0 Å². The number of halogens is 2. The van der Waals surface area contributed by atoms with Gasteiger partial charge in [-0.3, -0.25) is 4.99 Å². The van der Waals surface area contributed by atoms with E-state index in [2.05, 4.69) is 15.0 Å². The van der Waals surface area contributed by atoms with Crippen LogP contribution in [0.15, 0.2) is 23.2 Å². The average Bonchev–Trinajstić information content (AvgIpc) is 2.58. The molecule has 1 aromatic carbocycles. The van der Waals surface area contributed by atoms with E-state index in [1.165, 1.54) is 13.2 Å². The zero-order valence-electron chi connectivity index (χ0n) is 15.8. The minimum atomic E-state index is -3.15. The largest absolute Gasteiger partial charge is 0.493 e. The van der Waals surface area contributed by atoms with Crippen molar-refractivity contribution in [2.75, 3.05) is 33.0 Å². The van der Waals surface area contributed by atoms with Gasteiger partial charge >= 0.3 is 6.61 Å². The van der Waals surface area contributed by atoms with Gasteiger partial charge in [0.25, 0.3) is 0 Å². The van der Waals surface area contributed by atoms with Crippen LogP contribution < -0.4 is 14.8 Å². The van der Waals surface area contributed by atoms with Gasteiger partial charge in [0.2, 0.25) is 0 Å². The van der Waals surface area contributed by atoms with Crippen molar-refractivity contribution in [2.45, 2.75) is 31.8 Å². The highest BCUT2D eigenvalue weighted by atomic mass is 32.2. The Balaban J connectivity index is 2.08. The van der Waals surface area contributed by atoms with Crippen LogP contribution in [0.2, 0.25) is 0 Å². The van der Waals surface area contributed by atoms with Gasteiger partial charge in [-0.05, 0) is 31.5 Å². The molecule has 1 N–H and O–H groups in total. The Hall–Kier alpha value is -2.10. The molecule has 0 atom stereocenters. The van der Waals surface area contributed by atoms with Crippen LogP contribution in [0.4, 0.5) is 8.78 Å². The van der Waals surface area contributed by atoms with Gasteiger partial charge < -0.3 is 19.7 Å². The third-order valence-corrected chi connectivity index (χ3v) is 6.98. The Bertz CT molecular complexity index is 797. The normalized spacial score (nSPS) is 19.1. The fraction of sp³-hybridized carbons (Fsp3) is 0.588. The summed E-state index contributed by atoms with van der Waals surface area (Å²) in [5, 5.41) is 3.14. The van der Waals surface area contributed by atoms with Gasteiger partial charge in [-0.1, -0.05) is 6.07 Å². The molecule has 0 aromatic heterocycles. The molecule has 2 rings (SSSR count). The van der Waals surface area contributed by atoms with E-state index >= 15 is 0 Å². The Morgan fingerprint density at radius 3 is 2.63 bits per heavy atom. The van der Waals surface area contributed by atoms with E-state index in [9.17, 15) is 17.2 Å². The zero-order valence-corrected chi connectivity index (χ0v) is 16.6. The molecule has 1 aliphatic rings. The monoisotopic (exact) mass is 405 g/mol. The van der Waals surface area contributed by atoms with Crippen molar-refractivity contribution in [1.29, 1.82) is 0 Å². The molecule has 0 amide bonds. The molecule has 0 unspecified atom stereocenters. The van der Waals surface area contributed by atoms with E-state index in [1.807, 2.05) is 4.90 Å². The number of methoxy groups -OCH3 is 1. The summed E-state index contributed by atoms with van der Waals surface area (Å²) in [5.74, 6) is 0.763. The highest BCUT2D eigenvalue weighted by Crippen LogP contribution is 2.29. The van der Waals surface area contributed by atoms with Gasteiger partial charge in [-0.25, -0.2) is 8.42 Å². The minimum Gasteiger partial charge on any atom is -0.493 e. The van der Waals surface area contributed by atoms with Crippen LogP contribution in [0.25, 0.3) is 0 Å². The van der Waals surface area contributed by atoms with E-state index in [-0.39, 0.29) is 17.3 Å². The average molecular weight is 405 g/mol. The number of hydrogen-bond acceptors (Lipinski definition) is 5. The molecule has 0 spiro atoms. The van der Waals surface area contributed by atoms with E-state index in [0.29, 0.717) is 31.2 Å². The molecule has 1 saturated heterocycles. The van der Waals surface area contributed by atoms with Crippen molar-refractivity contribution in [3.63, 3.8) is 0 Å².